The van der Waals surface area contributed by atoms with E-state index in [0.29, 0.717) is 5.02 Å². The Bertz CT molecular complexity index is 1000. The topological polar surface area (TPSA) is 0 Å². The Morgan fingerprint density at radius 2 is 1.58 bits per heavy atom. The van der Waals surface area contributed by atoms with Gasteiger partial charge in [-0.05, 0) is 57.6 Å². The summed E-state index contributed by atoms with van der Waals surface area (Å²) in [6.07, 6.45) is 5.68. The van der Waals surface area contributed by atoms with E-state index in [0.717, 1.165) is 16.7 Å². The molecule has 0 radical (unpaired) electrons. The maximum Gasteiger partial charge on any atom is 0.0413 e. The zero-order chi connectivity index (χ0) is 16.9. The molecule has 24 heavy (non-hydrogen) atoms. The van der Waals surface area contributed by atoms with Gasteiger partial charge in [0.15, 0.2) is 0 Å². The lowest BCUT2D eigenvalue weighted by molar-refractivity contribution is 0.660. The van der Waals surface area contributed by atoms with Gasteiger partial charge in [0.1, 0.15) is 0 Å². The first kappa shape index (κ1) is 15.1. The average Bonchev–Trinajstić information content (AvgIpc) is 2.83. The highest BCUT2D eigenvalue weighted by atomic mass is 35.5. The predicted molar refractivity (Wildman–Crippen MR) is 102 cm³/mol. The van der Waals surface area contributed by atoms with Crippen LogP contribution in [-0.2, 0) is 5.41 Å². The maximum atomic E-state index is 6.20. The van der Waals surface area contributed by atoms with Crippen molar-refractivity contribution in [3.05, 3.63) is 82.4 Å². The first-order valence-corrected chi connectivity index (χ1v) is 8.41. The number of hydrogen-bond acceptors (Lipinski definition) is 0. The first-order valence-electron chi connectivity index (χ1n) is 8.03. The fourth-order valence-electron chi connectivity index (χ4n) is 3.75. The van der Waals surface area contributed by atoms with Gasteiger partial charge in [0.2, 0.25) is 0 Å². The zero-order valence-electron chi connectivity index (χ0n) is 13.7. The van der Waals surface area contributed by atoms with Gasteiger partial charge >= 0.3 is 0 Å². The highest BCUT2D eigenvalue weighted by Gasteiger charge is 2.35. The Morgan fingerprint density at radius 3 is 2.38 bits per heavy atom. The van der Waals surface area contributed by atoms with Crippen molar-refractivity contribution in [3.63, 3.8) is 0 Å². The van der Waals surface area contributed by atoms with Crippen LogP contribution < -0.4 is 0 Å². The summed E-state index contributed by atoms with van der Waals surface area (Å²) in [5, 5.41) is 0.701. The van der Waals surface area contributed by atoms with E-state index in [4.69, 9.17) is 18.0 Å². The second kappa shape index (κ2) is 5.26. The summed E-state index contributed by atoms with van der Waals surface area (Å²) in [4.78, 5) is 0. The molecule has 1 aliphatic rings. The van der Waals surface area contributed by atoms with Crippen molar-refractivity contribution in [3.8, 4) is 34.6 Å². The largest absolute Gasteiger partial charge is 0.115 e. The molecule has 3 aromatic rings. The zero-order valence-corrected chi connectivity index (χ0v) is 14.5. The third kappa shape index (κ3) is 2.09. The lowest BCUT2D eigenvalue weighted by Gasteiger charge is -2.22. The molecule has 1 heteroatoms. The third-order valence-electron chi connectivity index (χ3n) is 5.03. The number of halogens is 1. The molecule has 116 valence electrons. The van der Waals surface area contributed by atoms with Crippen molar-refractivity contribution in [2.24, 2.45) is 0 Å². The molecular weight excluding hydrogens is 312 g/mol. The van der Waals surface area contributed by atoms with Crippen LogP contribution in [0.25, 0.3) is 22.3 Å². The summed E-state index contributed by atoms with van der Waals surface area (Å²) in [6, 6.07) is 21.0. The van der Waals surface area contributed by atoms with Crippen LogP contribution in [0.15, 0.2) is 60.7 Å². The van der Waals surface area contributed by atoms with E-state index >= 15 is 0 Å². The molecule has 1 aliphatic carbocycles. The fourth-order valence-corrected chi connectivity index (χ4v) is 3.93. The van der Waals surface area contributed by atoms with Gasteiger partial charge in [-0.2, -0.15) is 0 Å². The molecule has 0 saturated carbocycles. The van der Waals surface area contributed by atoms with Gasteiger partial charge < -0.3 is 0 Å². The lowest BCUT2D eigenvalue weighted by Crippen LogP contribution is -2.14. The summed E-state index contributed by atoms with van der Waals surface area (Å²) in [6.45, 7) is 4.56. The minimum Gasteiger partial charge on any atom is -0.115 e. The molecule has 0 nitrogen and oxygen atoms in total. The number of rotatable bonds is 1. The Labute approximate surface area is 148 Å². The van der Waals surface area contributed by atoms with Crippen LogP contribution >= 0.6 is 11.6 Å². The Morgan fingerprint density at radius 1 is 0.833 bits per heavy atom. The van der Waals surface area contributed by atoms with Crippen LogP contribution in [0.5, 0.6) is 0 Å². The van der Waals surface area contributed by atoms with Crippen molar-refractivity contribution in [1.82, 2.24) is 0 Å². The molecular formula is C23H17Cl. The lowest BCUT2D eigenvalue weighted by atomic mass is 9.81. The number of hydrogen-bond donors (Lipinski definition) is 0. The molecule has 0 spiro atoms. The van der Waals surface area contributed by atoms with Gasteiger partial charge in [0, 0.05) is 16.0 Å². The Balaban J connectivity index is 1.95. The summed E-state index contributed by atoms with van der Waals surface area (Å²) in [5.41, 5.74) is 8.33. The van der Waals surface area contributed by atoms with Crippen molar-refractivity contribution >= 4 is 11.6 Å². The molecule has 0 saturated heterocycles. The van der Waals surface area contributed by atoms with Crippen molar-refractivity contribution in [1.29, 1.82) is 0 Å². The van der Waals surface area contributed by atoms with E-state index in [2.05, 4.69) is 62.2 Å². The molecule has 0 atom stereocenters. The summed E-state index contributed by atoms with van der Waals surface area (Å²) in [7, 11) is 0. The molecule has 0 aromatic heterocycles. The second-order valence-electron chi connectivity index (χ2n) is 6.77. The first-order chi connectivity index (χ1) is 11.5. The van der Waals surface area contributed by atoms with Crippen molar-refractivity contribution < 1.29 is 0 Å². The van der Waals surface area contributed by atoms with E-state index in [1.165, 1.54) is 22.3 Å². The molecule has 0 N–H and O–H groups in total. The standard InChI is InChI=1S/C23H17Cl/c1-4-15-9-11-17(24)14-20(15)16-10-12-19-18-7-5-6-8-21(18)23(2,3)22(19)13-16/h1,5-14H,2-3H3. The van der Waals surface area contributed by atoms with E-state index in [1.807, 2.05) is 18.2 Å². The van der Waals surface area contributed by atoms with E-state index < -0.39 is 0 Å². The van der Waals surface area contributed by atoms with Crippen LogP contribution in [0.3, 0.4) is 0 Å². The molecule has 0 aliphatic heterocycles. The minimum absolute atomic E-state index is 0.0170. The molecule has 0 unspecified atom stereocenters. The van der Waals surface area contributed by atoms with Crippen molar-refractivity contribution in [2.75, 3.05) is 0 Å². The fraction of sp³-hybridized carbons (Fsp3) is 0.130. The van der Waals surface area contributed by atoms with E-state index in [1.54, 1.807) is 0 Å². The van der Waals surface area contributed by atoms with Gasteiger partial charge in [-0.3, -0.25) is 0 Å². The van der Waals surface area contributed by atoms with Crippen LogP contribution in [0.4, 0.5) is 0 Å². The summed E-state index contributed by atoms with van der Waals surface area (Å²) < 4.78 is 0. The Hall–Kier alpha value is -2.49. The number of terminal acetylenes is 1. The SMILES string of the molecule is C#Cc1ccc(Cl)cc1-c1ccc2c(c1)C(C)(C)c1ccccc1-2. The van der Waals surface area contributed by atoms with Crippen LogP contribution in [0, 0.1) is 12.3 Å². The summed E-state index contributed by atoms with van der Waals surface area (Å²) in [5.74, 6) is 2.77. The van der Waals surface area contributed by atoms with Crippen molar-refractivity contribution in [2.45, 2.75) is 19.3 Å². The predicted octanol–water partition coefficient (Wildman–Crippen LogP) is 6.29. The molecule has 0 bridgehead atoms. The smallest absolute Gasteiger partial charge is 0.0413 e. The van der Waals surface area contributed by atoms with Gasteiger partial charge in [0.25, 0.3) is 0 Å². The van der Waals surface area contributed by atoms with Gasteiger partial charge in [-0.1, -0.05) is 67.8 Å². The highest BCUT2D eigenvalue weighted by molar-refractivity contribution is 6.31. The second-order valence-corrected chi connectivity index (χ2v) is 7.20. The van der Waals surface area contributed by atoms with Crippen LogP contribution in [0.2, 0.25) is 5.02 Å². The average molecular weight is 329 g/mol. The van der Waals surface area contributed by atoms with E-state index in [-0.39, 0.29) is 5.41 Å². The molecule has 3 aromatic carbocycles. The van der Waals surface area contributed by atoms with Gasteiger partial charge in [0.05, 0.1) is 0 Å². The normalized spacial score (nSPS) is 13.9. The number of fused-ring (bicyclic) bond motifs is 3. The van der Waals surface area contributed by atoms with Gasteiger partial charge in [-0.25, -0.2) is 0 Å². The molecule has 0 fully saturated rings. The third-order valence-corrected chi connectivity index (χ3v) is 5.27. The highest BCUT2D eigenvalue weighted by Crippen LogP contribution is 2.49. The Kier molecular flexibility index (Phi) is 3.30. The monoisotopic (exact) mass is 328 g/mol. The molecule has 0 heterocycles. The van der Waals surface area contributed by atoms with Crippen LogP contribution in [-0.4, -0.2) is 0 Å². The summed E-state index contributed by atoms with van der Waals surface area (Å²) >= 11 is 6.20. The number of benzene rings is 3. The van der Waals surface area contributed by atoms with E-state index in [9.17, 15) is 0 Å². The maximum absolute atomic E-state index is 6.20. The molecule has 4 rings (SSSR count). The van der Waals surface area contributed by atoms with Crippen LogP contribution in [0.1, 0.15) is 30.5 Å². The minimum atomic E-state index is -0.0170. The quantitative estimate of drug-likeness (QED) is 0.460. The molecule has 0 amide bonds. The van der Waals surface area contributed by atoms with Gasteiger partial charge in [-0.15, -0.1) is 6.42 Å².